The zero-order valence-electron chi connectivity index (χ0n) is 22.2. The van der Waals surface area contributed by atoms with Crippen LogP contribution < -0.4 is 39.4 Å². The van der Waals surface area contributed by atoms with Gasteiger partial charge in [0.1, 0.15) is 11.4 Å². The Morgan fingerprint density at radius 3 is 2.29 bits per heavy atom. The number of nitrogens with zero attached hydrogens (tertiary/aromatic N) is 2. The number of carbonyl (C=O) groups is 2. The number of fused-ring (bicyclic) bond motifs is 1. The second-order valence-electron chi connectivity index (χ2n) is 9.62. The summed E-state index contributed by atoms with van der Waals surface area (Å²) in [6.07, 6.45) is -5.67. The fraction of sp³-hybridized carbons (Fsp3) is 0.207. The molecule has 206 valence electrons. The summed E-state index contributed by atoms with van der Waals surface area (Å²) in [6.45, 7) is 3.45. The van der Waals surface area contributed by atoms with Gasteiger partial charge in [0.2, 0.25) is 0 Å². The molecule has 0 radical (unpaired) electrons. The van der Waals surface area contributed by atoms with Gasteiger partial charge in [-0.1, -0.05) is 35.9 Å². The molecule has 5 rings (SSSR count). The molecule has 2 heterocycles. The number of ether oxygens (including phenoxy) is 2. The van der Waals surface area contributed by atoms with E-state index < -0.39 is 29.7 Å². The summed E-state index contributed by atoms with van der Waals surface area (Å²) in [5, 5.41) is 12.3. The maximum atomic E-state index is 13.5. The first kappa shape index (κ1) is 30.6. The van der Waals surface area contributed by atoms with Gasteiger partial charge in [-0.3, -0.25) is 9.59 Å². The van der Waals surface area contributed by atoms with Gasteiger partial charge in [-0.2, -0.15) is 4.99 Å². The maximum absolute atomic E-state index is 13.5. The Morgan fingerprint density at radius 2 is 1.71 bits per heavy atom. The van der Waals surface area contributed by atoms with Crippen molar-refractivity contribution < 1.29 is 66.9 Å². The molecule has 0 bridgehead atoms. The Balaban J connectivity index is 0.00000387. The summed E-state index contributed by atoms with van der Waals surface area (Å²) < 4.78 is 49.9. The van der Waals surface area contributed by atoms with Crippen molar-refractivity contribution in [1.82, 2.24) is 4.57 Å². The van der Waals surface area contributed by atoms with Crippen LogP contribution in [0.25, 0.3) is 10.9 Å². The fourth-order valence-electron chi connectivity index (χ4n) is 4.80. The first-order valence-electron chi connectivity index (χ1n) is 12.1. The Morgan fingerprint density at radius 1 is 1.07 bits per heavy atom. The van der Waals surface area contributed by atoms with Gasteiger partial charge in [0.05, 0.1) is 11.1 Å². The van der Waals surface area contributed by atoms with Gasteiger partial charge in [-0.25, -0.2) is 0 Å². The minimum Gasteiger partial charge on any atom is -0.584 e. The first-order valence-corrected chi connectivity index (χ1v) is 12.5. The Bertz CT molecular complexity index is 1670. The molecule has 7 nitrogen and oxygen atoms in total. The number of ketones is 1. The molecule has 4 aromatic rings. The number of alkyl halides is 3. The first-order chi connectivity index (χ1) is 18.8. The van der Waals surface area contributed by atoms with Gasteiger partial charge in [0.25, 0.3) is 5.91 Å². The molecule has 0 fully saturated rings. The van der Waals surface area contributed by atoms with E-state index in [1.807, 2.05) is 0 Å². The van der Waals surface area contributed by atoms with Crippen molar-refractivity contribution in [1.29, 1.82) is 0 Å². The van der Waals surface area contributed by atoms with E-state index in [0.29, 0.717) is 32.7 Å². The summed E-state index contributed by atoms with van der Waals surface area (Å²) in [7, 11) is 0. The molecule has 1 aliphatic rings. The van der Waals surface area contributed by atoms with Crippen LogP contribution in [0.4, 0.5) is 13.2 Å². The fourth-order valence-corrected chi connectivity index (χ4v) is 4.92. The van der Waals surface area contributed by atoms with Crippen molar-refractivity contribution in [2.45, 2.75) is 38.8 Å². The number of aliphatic imine (C=N–C) groups is 1. The van der Waals surface area contributed by atoms with Crippen LogP contribution in [0.5, 0.6) is 5.75 Å². The largest absolute Gasteiger partial charge is 1.00 e. The topological polar surface area (TPSA) is 92.9 Å². The minimum atomic E-state index is -4.88. The van der Waals surface area contributed by atoms with Crippen LogP contribution >= 0.6 is 11.6 Å². The monoisotopic (exact) mass is 592 g/mol. The molecule has 41 heavy (non-hydrogen) atoms. The van der Waals surface area contributed by atoms with Crippen molar-refractivity contribution in [2.24, 2.45) is 4.99 Å². The second-order valence-corrected chi connectivity index (χ2v) is 10.1. The minimum absolute atomic E-state index is 0. The SMILES string of the molecule is Cc1c(C(=O)c2ccc(Cl)cc2)c2ccc(OC(F)(F)F)cc2n1Cc1ccc(C[C@@]2(C)OC([O-])=NC2=O)cc1.[Na+]. The summed E-state index contributed by atoms with van der Waals surface area (Å²) in [5.74, 6) is -1.35. The quantitative estimate of drug-likeness (QED) is 0.243. The summed E-state index contributed by atoms with van der Waals surface area (Å²) in [5.41, 5.74) is 1.80. The van der Waals surface area contributed by atoms with Crippen LogP contribution in [0.3, 0.4) is 0 Å². The molecule has 1 atom stereocenters. The molecule has 1 amide bonds. The third-order valence-corrected chi connectivity index (χ3v) is 6.98. The molecule has 1 aliphatic heterocycles. The average Bonchev–Trinajstić information content (AvgIpc) is 3.29. The molecule has 3 aromatic carbocycles. The van der Waals surface area contributed by atoms with Gasteiger partial charge in [0.15, 0.2) is 11.9 Å². The molecule has 0 saturated carbocycles. The zero-order valence-corrected chi connectivity index (χ0v) is 25.0. The molecule has 0 aliphatic carbocycles. The van der Waals surface area contributed by atoms with Crippen molar-refractivity contribution >= 4 is 40.3 Å². The standard InChI is InChI=1S/C29H22ClF3N2O5.Na/c1-16-24(25(36)19-7-9-20(30)10-8-19)22-12-11-21(39-29(31,32)33)13-23(22)35(16)15-18-5-3-17(4-6-18)14-28(2)26(37)34-27(38)40-28;/h3-13H,14-15H2,1-2H3,(H,34,37,38);/q;+1/p-1/t28-;/m1./s1. The van der Waals surface area contributed by atoms with Crippen molar-refractivity contribution in [3.63, 3.8) is 0 Å². The van der Waals surface area contributed by atoms with Gasteiger partial charge < -0.3 is 19.1 Å². The van der Waals surface area contributed by atoms with Gasteiger partial charge in [0, 0.05) is 34.3 Å². The number of carbonyl (C=O) groups excluding carboxylic acids is 2. The number of aromatic nitrogens is 1. The summed E-state index contributed by atoms with van der Waals surface area (Å²) in [4.78, 5) is 28.9. The number of hydrogen-bond acceptors (Lipinski definition) is 5. The van der Waals surface area contributed by atoms with Crippen LogP contribution in [-0.2, 0) is 22.5 Å². The van der Waals surface area contributed by atoms with E-state index in [1.165, 1.54) is 25.1 Å². The van der Waals surface area contributed by atoms with Crippen LogP contribution in [0.1, 0.15) is 39.7 Å². The molecule has 0 unspecified atom stereocenters. The van der Waals surface area contributed by atoms with E-state index in [-0.39, 0.29) is 48.3 Å². The number of rotatable bonds is 7. The summed E-state index contributed by atoms with van der Waals surface area (Å²) >= 11 is 5.97. The number of hydrogen-bond donors (Lipinski definition) is 0. The van der Waals surface area contributed by atoms with E-state index >= 15 is 0 Å². The van der Waals surface area contributed by atoms with Crippen LogP contribution in [0.15, 0.2) is 71.7 Å². The van der Waals surface area contributed by atoms with E-state index in [9.17, 15) is 27.9 Å². The third kappa shape index (κ3) is 6.46. The average molecular weight is 593 g/mol. The Hall–Kier alpha value is -3.31. The third-order valence-electron chi connectivity index (χ3n) is 6.73. The van der Waals surface area contributed by atoms with E-state index in [0.717, 1.165) is 11.1 Å². The van der Waals surface area contributed by atoms with Gasteiger partial charge >= 0.3 is 35.9 Å². The molecule has 1 aromatic heterocycles. The number of amides is 1. The molecular formula is C29H21ClF3N2NaO5. The van der Waals surface area contributed by atoms with E-state index in [1.54, 1.807) is 60.0 Å². The molecule has 12 heteroatoms. The number of benzene rings is 3. The Kier molecular flexibility index (Phi) is 8.61. The zero-order chi connectivity index (χ0) is 28.8. The van der Waals surface area contributed by atoms with Crippen LogP contribution in [-0.4, -0.2) is 34.3 Å². The van der Waals surface area contributed by atoms with Gasteiger partial charge in [-0.05, 0) is 67.8 Å². The van der Waals surface area contributed by atoms with Crippen molar-refractivity contribution in [3.8, 4) is 5.75 Å². The predicted octanol–water partition coefficient (Wildman–Crippen LogP) is 2.36. The maximum Gasteiger partial charge on any atom is 1.00 e. The molecule has 0 N–H and O–H groups in total. The van der Waals surface area contributed by atoms with E-state index in [2.05, 4.69) is 9.73 Å². The second kappa shape index (κ2) is 11.5. The molecule has 0 saturated heterocycles. The van der Waals surface area contributed by atoms with Crippen LogP contribution in [0.2, 0.25) is 5.02 Å². The predicted molar refractivity (Wildman–Crippen MR) is 139 cm³/mol. The molecular weight excluding hydrogens is 572 g/mol. The Labute approximate surface area is 259 Å². The van der Waals surface area contributed by atoms with E-state index in [4.69, 9.17) is 16.3 Å². The van der Waals surface area contributed by atoms with Gasteiger partial charge in [-0.15, -0.1) is 13.2 Å². The number of halogens is 4. The normalized spacial score (nSPS) is 16.7. The molecule has 0 spiro atoms. The van der Waals surface area contributed by atoms with Crippen molar-refractivity contribution in [3.05, 3.63) is 99.7 Å². The van der Waals surface area contributed by atoms with Crippen LogP contribution in [0, 0.1) is 6.92 Å². The smallest absolute Gasteiger partial charge is 0.584 e. The van der Waals surface area contributed by atoms with Crippen molar-refractivity contribution in [2.75, 3.05) is 0 Å². The summed E-state index contributed by atoms with van der Waals surface area (Å²) in [6, 6.07) is 17.3.